The van der Waals surface area contributed by atoms with Crippen molar-refractivity contribution < 1.29 is 4.79 Å². The maximum Gasteiger partial charge on any atom is 0.138 e. The summed E-state index contributed by atoms with van der Waals surface area (Å²) in [5.41, 5.74) is 2.27. The van der Waals surface area contributed by atoms with Crippen LogP contribution >= 0.6 is 0 Å². The number of rotatable bonds is 0. The van der Waals surface area contributed by atoms with Crippen LogP contribution < -0.4 is 0 Å². The van der Waals surface area contributed by atoms with E-state index in [4.69, 9.17) is 0 Å². The van der Waals surface area contributed by atoms with Gasteiger partial charge in [0.2, 0.25) is 0 Å². The van der Waals surface area contributed by atoms with E-state index in [1.807, 2.05) is 0 Å². The second-order valence-corrected chi connectivity index (χ2v) is 15.4. The van der Waals surface area contributed by atoms with Crippen LogP contribution in [0.4, 0.5) is 0 Å². The molecule has 5 aliphatic rings. The molecule has 0 aliphatic heterocycles. The van der Waals surface area contributed by atoms with Gasteiger partial charge in [-0.25, -0.2) is 0 Å². The second-order valence-electron chi connectivity index (χ2n) is 15.4. The van der Waals surface area contributed by atoms with Crippen LogP contribution in [0.25, 0.3) is 0 Å². The largest absolute Gasteiger partial charge is 0.299 e. The van der Waals surface area contributed by atoms with Gasteiger partial charge in [-0.3, -0.25) is 4.79 Å². The van der Waals surface area contributed by atoms with Crippen LogP contribution in [0.3, 0.4) is 0 Å². The first-order valence-electron chi connectivity index (χ1n) is 13.7. The van der Waals surface area contributed by atoms with E-state index >= 15 is 0 Å². The lowest BCUT2D eigenvalue weighted by atomic mass is 9.31. The van der Waals surface area contributed by atoms with E-state index in [9.17, 15) is 4.79 Å². The second kappa shape index (κ2) is 6.41. The molecule has 0 saturated heterocycles. The molecule has 0 heterocycles. The summed E-state index contributed by atoms with van der Waals surface area (Å²) in [7, 11) is 0. The summed E-state index contributed by atoms with van der Waals surface area (Å²) in [5.74, 6) is 3.75. The van der Waals surface area contributed by atoms with Crippen LogP contribution in [0.15, 0.2) is 0 Å². The van der Waals surface area contributed by atoms with Gasteiger partial charge in [0.15, 0.2) is 0 Å². The lowest BCUT2D eigenvalue weighted by molar-refractivity contribution is -0.240. The molecule has 0 N–H and O–H groups in total. The normalized spacial score (nSPS) is 55.4. The SMILES string of the molecule is CC1(C)CC[C@]2(C)CC[C@]3(C)[C@H](CC[C@@H]4[C@@]5(C)CCC(=O)C(C)(C)C5CC[C@]43C)C2C1. The van der Waals surface area contributed by atoms with E-state index in [0.717, 1.165) is 30.6 Å². The summed E-state index contributed by atoms with van der Waals surface area (Å²) in [6, 6.07) is 0. The van der Waals surface area contributed by atoms with Gasteiger partial charge < -0.3 is 0 Å². The smallest absolute Gasteiger partial charge is 0.138 e. The highest BCUT2D eigenvalue weighted by molar-refractivity contribution is 5.85. The Morgan fingerprint density at radius 1 is 0.645 bits per heavy atom. The molecule has 31 heavy (non-hydrogen) atoms. The standard InChI is InChI=1S/C30H50O/c1-25(2)15-16-27(5)17-18-29(7)20(21(27)19-25)9-10-23-28(6)13-12-24(31)26(3,4)22(28)11-14-30(23,29)8/h20-23H,9-19H2,1-8H3/t20-,21?,22?,23-,27-,28+,29-,30-/m1/s1. The average molecular weight is 427 g/mol. The van der Waals surface area contributed by atoms with Crippen LogP contribution in [0, 0.1) is 56.2 Å². The summed E-state index contributed by atoms with van der Waals surface area (Å²) >= 11 is 0. The van der Waals surface area contributed by atoms with Gasteiger partial charge in [0.05, 0.1) is 0 Å². The zero-order chi connectivity index (χ0) is 22.7. The fourth-order valence-electron chi connectivity index (χ4n) is 11.1. The molecule has 5 fully saturated rings. The van der Waals surface area contributed by atoms with Crippen LogP contribution in [-0.2, 0) is 4.79 Å². The summed E-state index contributed by atoms with van der Waals surface area (Å²) in [4.78, 5) is 12.9. The van der Waals surface area contributed by atoms with E-state index in [0.29, 0.717) is 38.8 Å². The molecule has 1 nitrogen and oxygen atoms in total. The summed E-state index contributed by atoms with van der Waals surface area (Å²) in [6.45, 7) is 20.4. The topological polar surface area (TPSA) is 17.1 Å². The highest BCUT2D eigenvalue weighted by Gasteiger charge is 2.69. The molecular formula is C30H50O. The third-order valence-corrected chi connectivity index (χ3v) is 13.4. The third kappa shape index (κ3) is 2.76. The molecule has 0 radical (unpaired) electrons. The van der Waals surface area contributed by atoms with Crippen molar-refractivity contribution in [2.75, 3.05) is 0 Å². The van der Waals surface area contributed by atoms with E-state index < -0.39 is 0 Å². The zero-order valence-electron chi connectivity index (χ0n) is 22.0. The van der Waals surface area contributed by atoms with Gasteiger partial charge in [0.25, 0.3) is 0 Å². The minimum Gasteiger partial charge on any atom is -0.299 e. The molecule has 5 aliphatic carbocycles. The Bertz CT molecular complexity index is 777. The molecule has 2 unspecified atom stereocenters. The molecule has 0 bridgehead atoms. The Morgan fingerprint density at radius 3 is 2.03 bits per heavy atom. The Labute approximate surface area is 192 Å². The number of Topliss-reactive ketones (excluding diaryl/α,β-unsaturated/α-hetero) is 1. The molecule has 5 saturated carbocycles. The van der Waals surface area contributed by atoms with Crippen molar-refractivity contribution in [3.05, 3.63) is 0 Å². The van der Waals surface area contributed by atoms with Gasteiger partial charge in [-0.15, -0.1) is 0 Å². The molecule has 0 aromatic heterocycles. The average Bonchev–Trinajstić information content (AvgIpc) is 2.67. The predicted molar refractivity (Wildman–Crippen MR) is 130 cm³/mol. The van der Waals surface area contributed by atoms with Crippen LogP contribution in [0.2, 0.25) is 0 Å². The van der Waals surface area contributed by atoms with Crippen LogP contribution in [0.1, 0.15) is 126 Å². The molecule has 8 atom stereocenters. The Kier molecular flexibility index (Phi) is 4.65. The van der Waals surface area contributed by atoms with E-state index in [1.165, 1.54) is 57.8 Å². The number of carbonyl (C=O) groups excluding carboxylic acids is 1. The fraction of sp³-hybridized carbons (Fsp3) is 0.967. The van der Waals surface area contributed by atoms with Crippen molar-refractivity contribution in [3.8, 4) is 0 Å². The van der Waals surface area contributed by atoms with Crippen molar-refractivity contribution in [2.24, 2.45) is 56.2 Å². The maximum atomic E-state index is 12.9. The fourth-order valence-corrected chi connectivity index (χ4v) is 11.1. The van der Waals surface area contributed by atoms with E-state index in [-0.39, 0.29) is 5.41 Å². The van der Waals surface area contributed by atoms with Gasteiger partial charge in [-0.2, -0.15) is 0 Å². The lowest BCUT2D eigenvalue weighted by Crippen LogP contribution is -2.66. The quantitative estimate of drug-likeness (QED) is 0.379. The molecule has 0 amide bonds. The molecule has 0 spiro atoms. The number of hydrogen-bond acceptors (Lipinski definition) is 1. The summed E-state index contributed by atoms with van der Waals surface area (Å²) < 4.78 is 0. The maximum absolute atomic E-state index is 12.9. The Balaban J connectivity index is 1.53. The highest BCUT2D eigenvalue weighted by atomic mass is 16.1. The number of carbonyl (C=O) groups is 1. The van der Waals surface area contributed by atoms with Gasteiger partial charge in [0.1, 0.15) is 5.78 Å². The van der Waals surface area contributed by atoms with Crippen molar-refractivity contribution >= 4 is 5.78 Å². The van der Waals surface area contributed by atoms with Crippen molar-refractivity contribution in [2.45, 2.75) is 126 Å². The first-order valence-corrected chi connectivity index (χ1v) is 13.7. The van der Waals surface area contributed by atoms with Crippen molar-refractivity contribution in [1.29, 1.82) is 0 Å². The molecular weight excluding hydrogens is 376 g/mol. The first kappa shape index (κ1) is 22.5. The van der Waals surface area contributed by atoms with Crippen LogP contribution in [0.5, 0.6) is 0 Å². The van der Waals surface area contributed by atoms with Gasteiger partial charge in [0, 0.05) is 11.8 Å². The number of fused-ring (bicyclic) bond motifs is 7. The molecule has 5 rings (SSSR count). The highest BCUT2D eigenvalue weighted by Crippen LogP contribution is 2.76. The first-order chi connectivity index (χ1) is 14.2. The van der Waals surface area contributed by atoms with Gasteiger partial charge in [-0.1, -0.05) is 55.4 Å². The summed E-state index contributed by atoms with van der Waals surface area (Å²) in [5, 5.41) is 0. The lowest BCUT2D eigenvalue weighted by Gasteiger charge is -2.73. The molecule has 0 aromatic carbocycles. The zero-order valence-corrected chi connectivity index (χ0v) is 22.0. The van der Waals surface area contributed by atoms with Gasteiger partial charge >= 0.3 is 0 Å². The van der Waals surface area contributed by atoms with E-state index in [1.54, 1.807) is 0 Å². The minimum atomic E-state index is -0.120. The molecule has 176 valence electrons. The van der Waals surface area contributed by atoms with Crippen molar-refractivity contribution in [1.82, 2.24) is 0 Å². The molecule has 0 aromatic rings. The Morgan fingerprint density at radius 2 is 1.32 bits per heavy atom. The van der Waals surface area contributed by atoms with Crippen LogP contribution in [-0.4, -0.2) is 5.78 Å². The summed E-state index contributed by atoms with van der Waals surface area (Å²) in [6.07, 6.45) is 14.7. The predicted octanol–water partition coefficient (Wildman–Crippen LogP) is 8.46. The molecule has 1 heteroatoms. The number of hydrogen-bond donors (Lipinski definition) is 0. The van der Waals surface area contributed by atoms with E-state index in [2.05, 4.69) is 55.4 Å². The van der Waals surface area contributed by atoms with Crippen molar-refractivity contribution in [3.63, 3.8) is 0 Å². The minimum absolute atomic E-state index is 0.120. The number of ketones is 1. The van der Waals surface area contributed by atoms with Gasteiger partial charge in [-0.05, 0) is 115 Å². The Hall–Kier alpha value is -0.330. The monoisotopic (exact) mass is 426 g/mol. The third-order valence-electron chi connectivity index (χ3n) is 13.4.